The summed E-state index contributed by atoms with van der Waals surface area (Å²) in [6, 6.07) is 0. The monoisotopic (exact) mass is 222 g/mol. The largest absolute Gasteiger partial charge is 0.403 e. The summed E-state index contributed by atoms with van der Waals surface area (Å²) in [5, 5.41) is 0. The van der Waals surface area contributed by atoms with E-state index in [2.05, 4.69) is 0 Å². The van der Waals surface area contributed by atoms with Crippen molar-refractivity contribution >= 4 is 0 Å². The Balaban J connectivity index is 5.54. The SMILES string of the molecule is CC(C)(C)C(C)(C(F)(F)F)C(F)(F)F. The summed E-state index contributed by atoms with van der Waals surface area (Å²) < 4.78 is 74.3. The molecule has 0 amide bonds. The van der Waals surface area contributed by atoms with E-state index >= 15 is 0 Å². The first-order valence-electron chi connectivity index (χ1n) is 3.88. The lowest BCUT2D eigenvalue weighted by Gasteiger charge is -2.43. The van der Waals surface area contributed by atoms with Crippen LogP contribution in [-0.2, 0) is 0 Å². The summed E-state index contributed by atoms with van der Waals surface area (Å²) in [5.74, 6) is 0. The van der Waals surface area contributed by atoms with Gasteiger partial charge in [0.2, 0.25) is 0 Å². The Bertz CT molecular complexity index is 167. The number of alkyl halides is 6. The molecular weight excluding hydrogens is 210 g/mol. The van der Waals surface area contributed by atoms with Crippen LogP contribution in [0.3, 0.4) is 0 Å². The summed E-state index contributed by atoms with van der Waals surface area (Å²) >= 11 is 0. The average molecular weight is 222 g/mol. The molecule has 0 unspecified atom stereocenters. The summed E-state index contributed by atoms with van der Waals surface area (Å²) in [7, 11) is 0. The molecule has 0 aliphatic heterocycles. The van der Waals surface area contributed by atoms with Gasteiger partial charge in [0.15, 0.2) is 5.41 Å². The number of rotatable bonds is 0. The minimum absolute atomic E-state index is 0.188. The van der Waals surface area contributed by atoms with Crippen LogP contribution < -0.4 is 0 Å². The van der Waals surface area contributed by atoms with Crippen LogP contribution in [0.5, 0.6) is 0 Å². The first-order valence-corrected chi connectivity index (χ1v) is 3.88. The molecule has 0 spiro atoms. The van der Waals surface area contributed by atoms with Crippen molar-refractivity contribution in [1.29, 1.82) is 0 Å². The second-order valence-corrected chi connectivity index (χ2v) is 4.37. The third-order valence-electron chi connectivity index (χ3n) is 2.63. The van der Waals surface area contributed by atoms with Crippen LogP contribution in [0, 0.1) is 10.8 Å². The molecule has 0 bridgehead atoms. The highest BCUT2D eigenvalue weighted by atomic mass is 19.4. The lowest BCUT2D eigenvalue weighted by molar-refractivity contribution is -0.364. The second kappa shape index (κ2) is 3.03. The Morgan fingerprint density at radius 2 is 0.786 bits per heavy atom. The Morgan fingerprint density at radius 1 is 0.571 bits per heavy atom. The Hall–Kier alpha value is -0.420. The molecular formula is C8H12F6. The zero-order chi connectivity index (χ0) is 12.0. The van der Waals surface area contributed by atoms with Crippen molar-refractivity contribution < 1.29 is 26.3 Å². The topological polar surface area (TPSA) is 0 Å². The molecule has 0 aromatic rings. The number of hydrogen-bond acceptors (Lipinski definition) is 0. The van der Waals surface area contributed by atoms with Crippen LogP contribution in [-0.4, -0.2) is 12.4 Å². The van der Waals surface area contributed by atoms with Crippen molar-refractivity contribution in [3.8, 4) is 0 Å². The highest BCUT2D eigenvalue weighted by Gasteiger charge is 2.72. The van der Waals surface area contributed by atoms with Crippen LogP contribution in [0.2, 0.25) is 0 Å². The van der Waals surface area contributed by atoms with E-state index in [0.29, 0.717) is 0 Å². The molecule has 0 aliphatic carbocycles. The van der Waals surface area contributed by atoms with Gasteiger partial charge >= 0.3 is 12.4 Å². The smallest absolute Gasteiger partial charge is 0.170 e. The normalized spacial score (nSPS) is 15.9. The first-order chi connectivity index (χ1) is 5.75. The van der Waals surface area contributed by atoms with Gasteiger partial charge in [0.25, 0.3) is 0 Å². The van der Waals surface area contributed by atoms with E-state index in [9.17, 15) is 26.3 Å². The molecule has 0 saturated carbocycles. The molecule has 0 radical (unpaired) electrons. The quantitative estimate of drug-likeness (QED) is 0.540. The second-order valence-electron chi connectivity index (χ2n) is 4.37. The van der Waals surface area contributed by atoms with Gasteiger partial charge in [0.1, 0.15) is 0 Å². The summed E-state index contributed by atoms with van der Waals surface area (Å²) in [4.78, 5) is 0. The van der Waals surface area contributed by atoms with Gasteiger partial charge in [-0.15, -0.1) is 0 Å². The molecule has 0 heterocycles. The van der Waals surface area contributed by atoms with Crippen LogP contribution in [0.1, 0.15) is 27.7 Å². The Labute approximate surface area is 78.3 Å². The maximum atomic E-state index is 12.4. The molecule has 6 heteroatoms. The van der Waals surface area contributed by atoms with Gasteiger partial charge in [0.05, 0.1) is 0 Å². The van der Waals surface area contributed by atoms with Crippen LogP contribution >= 0.6 is 0 Å². The lowest BCUT2D eigenvalue weighted by Crippen LogP contribution is -2.55. The minimum atomic E-state index is -5.30. The van der Waals surface area contributed by atoms with E-state index < -0.39 is 23.2 Å². The maximum absolute atomic E-state index is 12.4. The van der Waals surface area contributed by atoms with E-state index in [-0.39, 0.29) is 6.92 Å². The molecule has 0 aliphatic rings. The predicted octanol–water partition coefficient (Wildman–Crippen LogP) is 4.16. The van der Waals surface area contributed by atoms with E-state index in [1.54, 1.807) is 0 Å². The molecule has 0 fully saturated rings. The fourth-order valence-electron chi connectivity index (χ4n) is 1.01. The molecule has 0 aromatic carbocycles. The third-order valence-corrected chi connectivity index (χ3v) is 2.63. The van der Waals surface area contributed by atoms with E-state index in [1.807, 2.05) is 0 Å². The van der Waals surface area contributed by atoms with Crippen molar-refractivity contribution in [3.05, 3.63) is 0 Å². The van der Waals surface area contributed by atoms with Gasteiger partial charge in [-0.2, -0.15) is 26.3 Å². The van der Waals surface area contributed by atoms with Gasteiger partial charge in [0, 0.05) is 0 Å². The minimum Gasteiger partial charge on any atom is -0.170 e. The average Bonchev–Trinajstić information content (AvgIpc) is 1.77. The molecule has 0 saturated heterocycles. The Morgan fingerprint density at radius 3 is 0.786 bits per heavy atom. The number of hydrogen-bond donors (Lipinski definition) is 0. The standard InChI is InChI=1S/C8H12F6/c1-5(2,3)6(4,7(9,10)11)8(12,13)14/h1-4H3. The number of halogens is 6. The zero-order valence-electron chi connectivity index (χ0n) is 8.27. The molecule has 14 heavy (non-hydrogen) atoms. The zero-order valence-corrected chi connectivity index (χ0v) is 8.27. The first kappa shape index (κ1) is 13.6. The molecule has 0 aromatic heterocycles. The van der Waals surface area contributed by atoms with Crippen LogP contribution in [0.4, 0.5) is 26.3 Å². The highest BCUT2D eigenvalue weighted by molar-refractivity contribution is 4.97. The van der Waals surface area contributed by atoms with Crippen molar-refractivity contribution in [2.75, 3.05) is 0 Å². The fraction of sp³-hybridized carbons (Fsp3) is 1.00. The van der Waals surface area contributed by atoms with Gasteiger partial charge in [-0.25, -0.2) is 0 Å². The van der Waals surface area contributed by atoms with E-state index in [1.165, 1.54) is 0 Å². The molecule has 86 valence electrons. The van der Waals surface area contributed by atoms with Gasteiger partial charge < -0.3 is 0 Å². The third kappa shape index (κ3) is 1.83. The predicted molar refractivity (Wildman–Crippen MR) is 39.7 cm³/mol. The van der Waals surface area contributed by atoms with Gasteiger partial charge in [-0.3, -0.25) is 0 Å². The summed E-state index contributed by atoms with van der Waals surface area (Å²) in [5.41, 5.74) is -5.61. The lowest BCUT2D eigenvalue weighted by atomic mass is 9.66. The van der Waals surface area contributed by atoms with E-state index in [4.69, 9.17) is 0 Å². The van der Waals surface area contributed by atoms with Crippen LogP contribution in [0.25, 0.3) is 0 Å². The van der Waals surface area contributed by atoms with Crippen LogP contribution in [0.15, 0.2) is 0 Å². The van der Waals surface area contributed by atoms with Crippen molar-refractivity contribution in [3.63, 3.8) is 0 Å². The van der Waals surface area contributed by atoms with E-state index in [0.717, 1.165) is 20.8 Å². The van der Waals surface area contributed by atoms with Crippen molar-refractivity contribution in [1.82, 2.24) is 0 Å². The molecule has 0 atom stereocenters. The molecule has 0 rings (SSSR count). The summed E-state index contributed by atoms with van der Waals surface area (Å²) in [6.07, 6.45) is -10.6. The van der Waals surface area contributed by atoms with Gasteiger partial charge in [-0.05, 0) is 12.3 Å². The highest BCUT2D eigenvalue weighted by Crippen LogP contribution is 2.59. The maximum Gasteiger partial charge on any atom is 0.403 e. The fourth-order valence-corrected chi connectivity index (χ4v) is 1.01. The molecule has 0 nitrogen and oxygen atoms in total. The molecule has 0 N–H and O–H groups in total. The van der Waals surface area contributed by atoms with Crippen molar-refractivity contribution in [2.24, 2.45) is 10.8 Å². The van der Waals surface area contributed by atoms with Crippen molar-refractivity contribution in [2.45, 2.75) is 40.0 Å². The Kier molecular flexibility index (Phi) is 2.94. The van der Waals surface area contributed by atoms with Gasteiger partial charge in [-0.1, -0.05) is 20.8 Å². The summed E-state index contributed by atoms with van der Waals surface area (Å²) in [6.45, 7) is 2.96.